The highest BCUT2D eigenvalue weighted by Crippen LogP contribution is 2.25. The third-order valence-electron chi connectivity index (χ3n) is 5.75. The Morgan fingerprint density at radius 1 is 1.06 bits per heavy atom. The normalized spacial score (nSPS) is 12.3. The van der Waals surface area contributed by atoms with Crippen LogP contribution in [-0.4, -0.2) is 27.8 Å². The number of thioether (sulfide) groups is 1. The molecule has 1 aromatic heterocycles. The van der Waals surface area contributed by atoms with E-state index in [1.54, 1.807) is 23.9 Å². The van der Waals surface area contributed by atoms with Crippen LogP contribution < -0.4 is 5.32 Å². The van der Waals surface area contributed by atoms with Gasteiger partial charge in [-0.3, -0.25) is 4.79 Å². The Morgan fingerprint density at radius 2 is 1.78 bits per heavy atom. The molecule has 0 aliphatic carbocycles. The fourth-order valence-corrected chi connectivity index (χ4v) is 4.79. The number of carbonyl (C=O) groups excluding carboxylic acids is 1. The summed E-state index contributed by atoms with van der Waals surface area (Å²) >= 11 is 1.60. The minimum absolute atomic E-state index is 0. The third kappa shape index (κ3) is 7.34. The van der Waals surface area contributed by atoms with Crippen LogP contribution >= 0.6 is 24.2 Å². The first-order valence-corrected chi connectivity index (χ1v) is 12.7. The van der Waals surface area contributed by atoms with E-state index in [0.29, 0.717) is 47.4 Å². The SMILES string of the molecule is Cl.N#Cc1ccccc1CSCCC(=O)N[C@@H](CCc1ccccc1)C(O)c1nc2ccccc2o1. The molecule has 4 rings (SSSR count). The first-order chi connectivity index (χ1) is 17.1. The van der Waals surface area contributed by atoms with E-state index in [-0.39, 0.29) is 24.2 Å². The number of benzene rings is 3. The van der Waals surface area contributed by atoms with Crippen molar-refractivity contribution in [3.8, 4) is 6.07 Å². The smallest absolute Gasteiger partial charge is 0.226 e. The molecule has 0 fully saturated rings. The van der Waals surface area contributed by atoms with Gasteiger partial charge in [-0.25, -0.2) is 4.98 Å². The van der Waals surface area contributed by atoms with Crippen molar-refractivity contribution in [2.45, 2.75) is 37.2 Å². The predicted molar refractivity (Wildman–Crippen MR) is 145 cm³/mol. The van der Waals surface area contributed by atoms with E-state index in [4.69, 9.17) is 4.42 Å². The minimum Gasteiger partial charge on any atom is -0.438 e. The molecule has 0 aliphatic rings. The number of aryl methyl sites for hydroxylation is 1. The van der Waals surface area contributed by atoms with E-state index in [0.717, 1.165) is 11.1 Å². The van der Waals surface area contributed by atoms with Crippen molar-refractivity contribution in [2.75, 3.05) is 5.75 Å². The number of nitriles is 1. The summed E-state index contributed by atoms with van der Waals surface area (Å²) in [6.07, 6.45) is 0.480. The molecule has 2 atom stereocenters. The molecule has 1 heterocycles. The maximum absolute atomic E-state index is 12.8. The first-order valence-electron chi connectivity index (χ1n) is 11.6. The Balaban J connectivity index is 0.00000361. The number of aliphatic hydroxyl groups is 1. The van der Waals surface area contributed by atoms with Crippen LogP contribution in [0.25, 0.3) is 11.1 Å². The zero-order valence-corrected chi connectivity index (χ0v) is 21.3. The lowest BCUT2D eigenvalue weighted by Crippen LogP contribution is -2.40. The molecule has 0 radical (unpaired) electrons. The molecule has 0 aliphatic heterocycles. The molecule has 0 saturated heterocycles. The Kier molecular flexibility index (Phi) is 10.4. The average molecular weight is 522 g/mol. The van der Waals surface area contributed by atoms with Gasteiger partial charge in [0, 0.05) is 17.9 Å². The highest BCUT2D eigenvalue weighted by atomic mass is 35.5. The second-order valence-electron chi connectivity index (χ2n) is 8.23. The molecule has 0 bridgehead atoms. The van der Waals surface area contributed by atoms with E-state index in [1.165, 1.54) is 0 Å². The van der Waals surface area contributed by atoms with Crippen LogP contribution in [0.2, 0.25) is 0 Å². The molecule has 2 N–H and O–H groups in total. The van der Waals surface area contributed by atoms with Crippen molar-refractivity contribution < 1.29 is 14.3 Å². The largest absolute Gasteiger partial charge is 0.438 e. The zero-order chi connectivity index (χ0) is 24.5. The highest BCUT2D eigenvalue weighted by molar-refractivity contribution is 7.98. The summed E-state index contributed by atoms with van der Waals surface area (Å²) in [7, 11) is 0. The quantitative estimate of drug-likeness (QED) is 0.249. The van der Waals surface area contributed by atoms with Crippen molar-refractivity contribution in [2.24, 2.45) is 0 Å². The topological polar surface area (TPSA) is 99.2 Å². The van der Waals surface area contributed by atoms with Gasteiger partial charge in [-0.2, -0.15) is 17.0 Å². The number of rotatable bonds is 11. The number of hydrogen-bond acceptors (Lipinski definition) is 6. The number of aromatic nitrogens is 1. The Bertz CT molecular complexity index is 1270. The number of oxazole rings is 1. The standard InChI is InChI=1S/C28H27N3O3S.ClH/c29-18-21-10-4-5-11-22(21)19-35-17-16-26(32)30-24(15-14-20-8-2-1-3-9-20)27(33)28-31-23-12-6-7-13-25(23)34-28;/h1-13,24,27,33H,14-17,19H2,(H,30,32);1H/t24-,27?;/m0./s1. The van der Waals surface area contributed by atoms with Crippen molar-refractivity contribution >= 4 is 41.2 Å². The highest BCUT2D eigenvalue weighted by Gasteiger charge is 2.27. The summed E-state index contributed by atoms with van der Waals surface area (Å²) in [4.78, 5) is 17.2. The minimum atomic E-state index is -1.06. The second-order valence-corrected chi connectivity index (χ2v) is 9.34. The van der Waals surface area contributed by atoms with Gasteiger partial charge >= 0.3 is 0 Å². The zero-order valence-electron chi connectivity index (χ0n) is 19.7. The maximum Gasteiger partial charge on any atom is 0.226 e. The van der Waals surface area contributed by atoms with Crippen molar-refractivity contribution in [1.29, 1.82) is 5.26 Å². The monoisotopic (exact) mass is 521 g/mol. The van der Waals surface area contributed by atoms with E-state index in [2.05, 4.69) is 16.4 Å². The predicted octanol–water partition coefficient (Wildman–Crippen LogP) is 5.60. The average Bonchev–Trinajstić information content (AvgIpc) is 3.34. The Hall–Kier alpha value is -3.31. The molecule has 0 spiro atoms. The Labute approximate surface area is 221 Å². The summed E-state index contributed by atoms with van der Waals surface area (Å²) in [5.74, 6) is 1.34. The molecule has 8 heteroatoms. The van der Waals surface area contributed by atoms with Gasteiger partial charge in [-0.05, 0) is 42.2 Å². The number of aliphatic hydroxyl groups excluding tert-OH is 1. The van der Waals surface area contributed by atoms with E-state index in [1.807, 2.05) is 66.7 Å². The lowest BCUT2D eigenvalue weighted by molar-refractivity contribution is -0.122. The number of fused-ring (bicyclic) bond motifs is 1. The van der Waals surface area contributed by atoms with Crippen molar-refractivity contribution in [3.05, 3.63) is 101 Å². The number of hydrogen-bond donors (Lipinski definition) is 2. The number of nitrogens with one attached hydrogen (secondary N) is 1. The van der Waals surface area contributed by atoms with Gasteiger partial charge < -0.3 is 14.8 Å². The summed E-state index contributed by atoms with van der Waals surface area (Å²) in [5.41, 5.74) is 4.02. The number of nitrogens with zero attached hydrogens (tertiary/aromatic N) is 2. The summed E-state index contributed by atoms with van der Waals surface area (Å²) in [6, 6.07) is 26.5. The number of halogens is 1. The molecule has 1 amide bonds. The van der Waals surface area contributed by atoms with Gasteiger partial charge in [0.05, 0.1) is 17.7 Å². The van der Waals surface area contributed by atoms with Crippen LogP contribution in [-0.2, 0) is 17.0 Å². The molecule has 4 aromatic rings. The fourth-order valence-electron chi connectivity index (χ4n) is 3.85. The third-order valence-corrected chi connectivity index (χ3v) is 6.75. The van der Waals surface area contributed by atoms with Gasteiger partial charge in [-0.15, -0.1) is 12.4 Å². The van der Waals surface area contributed by atoms with Gasteiger partial charge in [0.15, 0.2) is 11.7 Å². The molecule has 1 unspecified atom stereocenters. The number of amides is 1. The molecular weight excluding hydrogens is 494 g/mol. The number of para-hydroxylation sites is 2. The van der Waals surface area contributed by atoms with Crippen LogP contribution in [0.3, 0.4) is 0 Å². The summed E-state index contributed by atoms with van der Waals surface area (Å²) in [6.45, 7) is 0. The lowest BCUT2D eigenvalue weighted by atomic mass is 10.0. The Morgan fingerprint density at radius 3 is 2.56 bits per heavy atom. The maximum atomic E-state index is 12.8. The van der Waals surface area contributed by atoms with E-state index in [9.17, 15) is 15.2 Å². The van der Waals surface area contributed by atoms with Gasteiger partial charge in [0.1, 0.15) is 5.52 Å². The molecule has 3 aromatic carbocycles. The van der Waals surface area contributed by atoms with Gasteiger partial charge in [0.25, 0.3) is 0 Å². The van der Waals surface area contributed by atoms with Crippen LogP contribution in [0.5, 0.6) is 0 Å². The van der Waals surface area contributed by atoms with Crippen LogP contribution in [0.15, 0.2) is 83.3 Å². The van der Waals surface area contributed by atoms with Crippen molar-refractivity contribution in [1.82, 2.24) is 10.3 Å². The van der Waals surface area contributed by atoms with Gasteiger partial charge in [-0.1, -0.05) is 60.7 Å². The molecule has 36 heavy (non-hydrogen) atoms. The van der Waals surface area contributed by atoms with Crippen molar-refractivity contribution in [3.63, 3.8) is 0 Å². The van der Waals surface area contributed by atoms with Gasteiger partial charge in [0.2, 0.25) is 11.8 Å². The molecular formula is C28H28ClN3O3S. The van der Waals surface area contributed by atoms with Crippen LogP contribution in [0, 0.1) is 11.3 Å². The van der Waals surface area contributed by atoms with E-state index >= 15 is 0 Å². The molecule has 186 valence electrons. The lowest BCUT2D eigenvalue weighted by Gasteiger charge is -2.22. The molecule has 6 nitrogen and oxygen atoms in total. The van der Waals surface area contributed by atoms with Crippen LogP contribution in [0.1, 0.15) is 41.5 Å². The van der Waals surface area contributed by atoms with E-state index < -0.39 is 12.1 Å². The summed E-state index contributed by atoms with van der Waals surface area (Å²) in [5, 5.41) is 23.3. The van der Waals surface area contributed by atoms with Crippen LogP contribution in [0.4, 0.5) is 0 Å². The fraction of sp³-hybridized carbons (Fsp3) is 0.250. The summed E-state index contributed by atoms with van der Waals surface area (Å²) < 4.78 is 5.77. The first kappa shape index (κ1) is 27.3. The second kappa shape index (κ2) is 13.7. The number of carbonyl (C=O) groups is 1. The molecule has 0 saturated carbocycles.